The number of carbonyl (C=O) groups excluding carboxylic acids is 3. The molecule has 0 bridgehead atoms. The Balaban J connectivity index is 0.994. The Labute approximate surface area is 369 Å². The highest BCUT2D eigenvalue weighted by Crippen LogP contribution is 2.43. The highest BCUT2D eigenvalue weighted by Gasteiger charge is 2.39. The van der Waals surface area contributed by atoms with Crippen molar-refractivity contribution in [3.05, 3.63) is 102 Å². The highest BCUT2D eigenvalue weighted by molar-refractivity contribution is 7.47. The summed E-state index contributed by atoms with van der Waals surface area (Å²) in [7, 11) is -0.529. The van der Waals surface area contributed by atoms with E-state index in [2.05, 4.69) is 35.1 Å². The lowest BCUT2D eigenvalue weighted by Gasteiger charge is -2.30. The number of nitrogens with one attached hydrogen (secondary N) is 4. The Bertz CT molecular complexity index is 2480. The molecule has 6 N–H and O–H groups in total. The van der Waals surface area contributed by atoms with Crippen LogP contribution in [0.4, 0.5) is 9.59 Å². The van der Waals surface area contributed by atoms with E-state index in [1.165, 1.54) is 26.4 Å². The van der Waals surface area contributed by atoms with Crippen LogP contribution in [-0.2, 0) is 34.6 Å². The van der Waals surface area contributed by atoms with Crippen molar-refractivity contribution in [2.45, 2.75) is 69.3 Å². The summed E-state index contributed by atoms with van der Waals surface area (Å²) < 4.78 is 31.4. The average molecular weight is 899 g/mol. The molecule has 0 spiro atoms. The largest absolute Gasteiger partial charge is 0.527 e. The standard InChI is InChI=1S/C44H51N8O11P/c1-26(60-2)38(50-43(55)56)42(54)52-22-6-8-37(52)40-46-25-35(48-40)31-17-13-29(14-18-31)28-11-15-30(16-12-28)34-24-45-39(47-34)36-7-5-21-51(36)41(53)33(49-44(57)61-3)23-27-9-19-32(20-10-27)63-64(58,59)62-4/h9-20,24-26,33,36-38,50H,5-8,21-23H2,1-4H3,(H,45,47)(H,46,48)(H,49,57)(H,55,56)(H,58,59)/t26-,33+,36+,37+,38+/m1/s1. The number of carboxylic acid groups (broad SMARTS) is 1. The minimum Gasteiger partial charge on any atom is -0.465 e. The van der Waals surface area contributed by atoms with Crippen molar-refractivity contribution >= 4 is 31.8 Å². The van der Waals surface area contributed by atoms with Crippen LogP contribution in [0.1, 0.15) is 61.9 Å². The molecule has 2 saturated heterocycles. The molecule has 0 radical (unpaired) electrons. The number of ether oxygens (including phenoxy) is 2. The number of methoxy groups -OCH3 is 2. The second-order valence-electron chi connectivity index (χ2n) is 15.5. The van der Waals surface area contributed by atoms with Gasteiger partial charge >= 0.3 is 20.0 Å². The first-order valence-electron chi connectivity index (χ1n) is 20.7. The van der Waals surface area contributed by atoms with Crippen LogP contribution in [0.2, 0.25) is 0 Å². The summed E-state index contributed by atoms with van der Waals surface area (Å²) in [5.41, 5.74) is 6.05. The molecule has 0 saturated carbocycles. The number of amides is 4. The van der Waals surface area contributed by atoms with Gasteiger partial charge < -0.3 is 49.5 Å². The molecule has 2 aromatic heterocycles. The predicted octanol–water partition coefficient (Wildman–Crippen LogP) is 6.22. The minimum atomic E-state index is -4.25. The first-order valence-corrected chi connectivity index (χ1v) is 22.2. The van der Waals surface area contributed by atoms with Crippen molar-refractivity contribution in [1.29, 1.82) is 0 Å². The second-order valence-corrected chi connectivity index (χ2v) is 17.0. The number of likely N-dealkylation sites (tertiary alicyclic amines) is 2. The van der Waals surface area contributed by atoms with Gasteiger partial charge in [-0.05, 0) is 72.6 Å². The number of aromatic nitrogens is 4. The van der Waals surface area contributed by atoms with E-state index in [0.29, 0.717) is 43.1 Å². The number of phosphoric ester groups is 1. The van der Waals surface area contributed by atoms with Gasteiger partial charge in [-0.3, -0.25) is 19.0 Å². The molecule has 338 valence electrons. The number of nitrogens with zero attached hydrogens (tertiary/aromatic N) is 4. The van der Waals surface area contributed by atoms with Crippen molar-refractivity contribution in [2.24, 2.45) is 0 Å². The number of benzene rings is 3. The summed E-state index contributed by atoms with van der Waals surface area (Å²) in [4.78, 5) is 80.4. The Morgan fingerprint density at radius 1 is 0.766 bits per heavy atom. The van der Waals surface area contributed by atoms with E-state index in [-0.39, 0.29) is 36.1 Å². The van der Waals surface area contributed by atoms with Crippen LogP contribution >= 0.6 is 7.82 Å². The van der Waals surface area contributed by atoms with Crippen molar-refractivity contribution < 1.29 is 52.3 Å². The Morgan fingerprint density at radius 2 is 1.27 bits per heavy atom. The van der Waals surface area contributed by atoms with Crippen LogP contribution in [0.25, 0.3) is 33.6 Å². The normalized spacial score (nSPS) is 18.5. The zero-order chi connectivity index (χ0) is 45.5. The third-order valence-electron chi connectivity index (χ3n) is 11.6. The molecule has 64 heavy (non-hydrogen) atoms. The Hall–Kier alpha value is -6.53. The molecule has 5 aromatic rings. The molecule has 4 heterocycles. The van der Waals surface area contributed by atoms with Gasteiger partial charge in [0.1, 0.15) is 29.5 Å². The molecule has 20 heteroatoms. The maximum absolute atomic E-state index is 14.1. The average Bonchev–Trinajstić information content (AvgIpc) is 4.15. The fourth-order valence-corrected chi connectivity index (χ4v) is 8.60. The maximum atomic E-state index is 14.1. The van der Waals surface area contributed by atoms with Gasteiger partial charge in [-0.15, -0.1) is 0 Å². The van der Waals surface area contributed by atoms with Crippen molar-refractivity contribution in [2.75, 3.05) is 34.4 Å². The monoisotopic (exact) mass is 898 g/mol. The summed E-state index contributed by atoms with van der Waals surface area (Å²) in [6, 6.07) is 19.6. The van der Waals surface area contributed by atoms with Crippen molar-refractivity contribution in [3.8, 4) is 39.4 Å². The molecule has 1 unspecified atom stereocenters. The van der Waals surface area contributed by atoms with E-state index < -0.39 is 38.2 Å². The Kier molecular flexibility index (Phi) is 14.1. The topological polar surface area (TPSA) is 251 Å². The molecule has 19 nitrogen and oxygen atoms in total. The van der Waals surface area contributed by atoms with Crippen LogP contribution < -0.4 is 15.2 Å². The molecule has 4 amide bonds. The van der Waals surface area contributed by atoms with Gasteiger partial charge in [0.05, 0.1) is 49.1 Å². The summed E-state index contributed by atoms with van der Waals surface area (Å²) >= 11 is 0. The number of hydrogen-bond donors (Lipinski definition) is 6. The van der Waals surface area contributed by atoms with E-state index in [1.807, 2.05) is 48.5 Å². The third-order valence-corrected chi connectivity index (χ3v) is 12.5. The number of alkyl carbamates (subject to hydrolysis) is 1. The molecule has 2 fully saturated rings. The van der Waals surface area contributed by atoms with Crippen molar-refractivity contribution in [1.82, 2.24) is 40.4 Å². The number of H-pyrrole nitrogens is 2. The van der Waals surface area contributed by atoms with Gasteiger partial charge in [-0.1, -0.05) is 60.7 Å². The summed E-state index contributed by atoms with van der Waals surface area (Å²) in [6.45, 7) is 2.60. The molecule has 7 rings (SSSR count). The van der Waals surface area contributed by atoms with Gasteiger partial charge in [0.15, 0.2) is 0 Å². The zero-order valence-corrected chi connectivity index (χ0v) is 36.6. The summed E-state index contributed by atoms with van der Waals surface area (Å²) in [5, 5.41) is 14.3. The first kappa shape index (κ1) is 45.5. The molecular weight excluding hydrogens is 848 g/mol. The van der Waals surface area contributed by atoms with Crippen LogP contribution in [0.15, 0.2) is 85.2 Å². The Morgan fingerprint density at radius 3 is 1.73 bits per heavy atom. The van der Waals surface area contributed by atoms with Crippen LogP contribution in [0, 0.1) is 0 Å². The van der Waals surface area contributed by atoms with Gasteiger partial charge in [0.2, 0.25) is 11.8 Å². The quantitative estimate of drug-likeness (QED) is 0.0603. The smallest absolute Gasteiger partial charge is 0.465 e. The molecule has 0 aliphatic carbocycles. The predicted molar refractivity (Wildman–Crippen MR) is 233 cm³/mol. The van der Waals surface area contributed by atoms with Gasteiger partial charge in [-0.25, -0.2) is 24.1 Å². The molecule has 3 aromatic carbocycles. The van der Waals surface area contributed by atoms with Gasteiger partial charge in [0.25, 0.3) is 0 Å². The SMILES string of the molecule is COC(=O)N[C@@H](Cc1ccc(OP(=O)(O)OC)cc1)C(=O)N1CCC[C@H]1c1ncc(-c2ccc(-c3ccc(-c4cnc([C@@H]5CCCN5C(=O)[C@@H](NC(=O)O)[C@@H](C)OC)[nH]4)cc3)cc2)[nH]1. The van der Waals surface area contributed by atoms with E-state index in [4.69, 9.17) is 14.0 Å². The van der Waals surface area contributed by atoms with Gasteiger partial charge in [0, 0.05) is 33.7 Å². The summed E-state index contributed by atoms with van der Waals surface area (Å²) in [5.74, 6) is 0.698. The maximum Gasteiger partial charge on any atom is 0.527 e. The lowest BCUT2D eigenvalue weighted by Crippen LogP contribution is -2.53. The van der Waals surface area contributed by atoms with E-state index in [9.17, 15) is 33.7 Å². The van der Waals surface area contributed by atoms with Crippen LogP contribution in [0.3, 0.4) is 0 Å². The fraction of sp³-hybridized carbons (Fsp3) is 0.364. The van der Waals surface area contributed by atoms with Crippen molar-refractivity contribution in [3.63, 3.8) is 0 Å². The minimum absolute atomic E-state index is 0.103. The van der Waals surface area contributed by atoms with E-state index in [0.717, 1.165) is 53.6 Å². The lowest BCUT2D eigenvalue weighted by atomic mass is 10.0. The third kappa shape index (κ3) is 10.5. The number of carbonyl (C=O) groups is 4. The van der Waals surface area contributed by atoms with E-state index >= 15 is 0 Å². The number of imidazole rings is 2. The highest BCUT2D eigenvalue weighted by atomic mass is 31.2. The molecule has 2 aliphatic rings. The van der Waals surface area contributed by atoms with Crippen LogP contribution in [-0.4, -0.2) is 116 Å². The number of hydrogen-bond acceptors (Lipinski definition) is 11. The lowest BCUT2D eigenvalue weighted by molar-refractivity contribution is -0.137. The molecular formula is C44H51N8O11P. The second kappa shape index (κ2) is 19.9. The summed E-state index contributed by atoms with van der Waals surface area (Å²) in [6.07, 6.45) is 3.76. The number of rotatable bonds is 16. The van der Waals surface area contributed by atoms with E-state index in [1.54, 1.807) is 41.2 Å². The first-order chi connectivity index (χ1) is 30.8. The van der Waals surface area contributed by atoms with Crippen LogP contribution in [0.5, 0.6) is 5.75 Å². The number of phosphoric acid groups is 1. The zero-order valence-electron chi connectivity index (χ0n) is 35.7. The molecule has 6 atom stereocenters. The van der Waals surface area contributed by atoms with Gasteiger partial charge in [-0.2, -0.15) is 0 Å². The number of aromatic amines is 2. The fourth-order valence-electron chi connectivity index (χ4n) is 8.14. The molecule has 2 aliphatic heterocycles.